The van der Waals surface area contributed by atoms with Crippen LogP contribution in [0.25, 0.3) is 0 Å². The second-order valence-corrected chi connectivity index (χ2v) is 9.69. The molecule has 1 fully saturated rings. The molecule has 2 aromatic carbocycles. The summed E-state index contributed by atoms with van der Waals surface area (Å²) in [6.45, 7) is 2.47. The molecule has 5 atom stereocenters. The van der Waals surface area contributed by atoms with Gasteiger partial charge >= 0.3 is 0 Å². The van der Waals surface area contributed by atoms with Crippen LogP contribution in [0.3, 0.4) is 0 Å². The number of amides is 1. The molecule has 0 aliphatic carbocycles. The normalized spacial score (nSPS) is 29.7. The third-order valence-electron chi connectivity index (χ3n) is 7.13. The minimum atomic E-state index is -1.56. The number of piperidine rings is 1. The van der Waals surface area contributed by atoms with E-state index in [2.05, 4.69) is 10.6 Å². The van der Waals surface area contributed by atoms with E-state index in [1.54, 1.807) is 11.1 Å². The monoisotopic (exact) mass is 488 g/mol. The zero-order valence-electron chi connectivity index (χ0n) is 18.9. The number of rotatable bonds is 5. The summed E-state index contributed by atoms with van der Waals surface area (Å²) >= 11 is 6.52. The van der Waals surface area contributed by atoms with Crippen molar-refractivity contribution in [2.45, 2.75) is 37.2 Å². The number of hydrogen-bond donors (Lipinski definition) is 3. The van der Waals surface area contributed by atoms with Gasteiger partial charge in [-0.3, -0.25) is 4.79 Å². The van der Waals surface area contributed by atoms with Gasteiger partial charge in [-0.05, 0) is 25.1 Å². The van der Waals surface area contributed by atoms with Gasteiger partial charge in [-0.15, -0.1) is 0 Å². The van der Waals surface area contributed by atoms with Gasteiger partial charge in [0.15, 0.2) is 5.60 Å². The number of likely N-dealkylation sites (N-methyl/N-ethyl adjacent to an activating group) is 1. The number of nitrogens with zero attached hydrogens (tertiary/aromatic N) is 1. The van der Waals surface area contributed by atoms with Gasteiger partial charge in [0, 0.05) is 49.0 Å². The van der Waals surface area contributed by atoms with Crippen molar-refractivity contribution < 1.29 is 18.3 Å². The average Bonchev–Trinajstić information content (AvgIpc) is 3.36. The summed E-state index contributed by atoms with van der Waals surface area (Å²) in [5, 5.41) is 6.08. The molecule has 1 amide bonds. The number of nitrogens with one attached hydrogen (secondary N) is 2. The number of ether oxygens (including phenoxy) is 1. The molecule has 3 aliphatic rings. The average molecular weight is 489 g/mol. The van der Waals surface area contributed by atoms with Gasteiger partial charge in [0.05, 0.1) is 10.9 Å². The Morgan fingerprint density at radius 1 is 1.38 bits per heavy atom. The molecule has 0 bridgehead atoms. The Labute approximate surface area is 202 Å². The maximum Gasteiger partial charge on any atom is 0.223 e. The van der Waals surface area contributed by atoms with Crippen molar-refractivity contribution in [3.05, 3.63) is 75.8 Å². The Morgan fingerprint density at radius 2 is 2.12 bits per heavy atom. The summed E-state index contributed by atoms with van der Waals surface area (Å²) in [6, 6.07) is 10.9. The standard InChI is InChI=1S/C25H27ClF2N4O2/c1-13-10-32-11-16(23(29)33)20(22(28)24(32)31-13)19-15-9-25(12-30-2,14-6-4-3-5-7-14)34-18(15)8-17(27)21(19)26/h3-8,10,16,20,22,24,30-31H,9,11-12H2,1-2H3,(H2,29,33)/t16?,20?,22?,24?,25-/m1/s1. The van der Waals surface area contributed by atoms with E-state index in [1.807, 2.05) is 44.3 Å². The molecule has 4 unspecified atom stereocenters. The molecule has 3 heterocycles. The first-order valence-corrected chi connectivity index (χ1v) is 11.7. The first-order valence-electron chi connectivity index (χ1n) is 11.3. The molecule has 0 aromatic heterocycles. The lowest BCUT2D eigenvalue weighted by atomic mass is 9.74. The van der Waals surface area contributed by atoms with E-state index in [4.69, 9.17) is 22.1 Å². The van der Waals surface area contributed by atoms with E-state index in [0.29, 0.717) is 24.3 Å². The molecule has 4 N–H and O–H groups in total. The van der Waals surface area contributed by atoms with Crippen LogP contribution < -0.4 is 21.1 Å². The van der Waals surface area contributed by atoms with Crippen LogP contribution in [0.15, 0.2) is 48.3 Å². The number of carbonyl (C=O) groups is 1. The summed E-state index contributed by atoms with van der Waals surface area (Å²) < 4.78 is 37.6. The van der Waals surface area contributed by atoms with Gasteiger partial charge < -0.3 is 26.0 Å². The van der Waals surface area contributed by atoms with Crippen LogP contribution in [0.2, 0.25) is 5.02 Å². The Hall–Kier alpha value is -2.84. The predicted molar refractivity (Wildman–Crippen MR) is 125 cm³/mol. The van der Waals surface area contributed by atoms with Gasteiger partial charge in [0.2, 0.25) is 5.91 Å². The molecular formula is C25H27ClF2N4O2. The van der Waals surface area contributed by atoms with Gasteiger partial charge in [-0.1, -0.05) is 41.9 Å². The van der Waals surface area contributed by atoms with Crippen LogP contribution in [0.1, 0.15) is 29.5 Å². The zero-order chi connectivity index (χ0) is 24.2. The largest absolute Gasteiger partial charge is 0.480 e. The smallest absolute Gasteiger partial charge is 0.223 e. The van der Waals surface area contributed by atoms with Crippen LogP contribution in [-0.4, -0.2) is 43.3 Å². The number of fused-ring (bicyclic) bond motifs is 2. The molecule has 2 aromatic rings. The Kier molecular flexibility index (Phi) is 5.68. The highest BCUT2D eigenvalue weighted by atomic mass is 35.5. The number of benzene rings is 2. The van der Waals surface area contributed by atoms with Crippen LogP contribution in [0, 0.1) is 11.7 Å². The number of halogens is 3. The second kappa shape index (κ2) is 8.43. The first kappa shape index (κ1) is 22.9. The summed E-state index contributed by atoms with van der Waals surface area (Å²) in [5.41, 5.74) is 7.49. The van der Waals surface area contributed by atoms with E-state index in [-0.39, 0.29) is 17.1 Å². The van der Waals surface area contributed by atoms with Gasteiger partial charge in [-0.25, -0.2) is 8.78 Å². The van der Waals surface area contributed by atoms with Crippen LogP contribution in [0.4, 0.5) is 8.78 Å². The molecule has 0 saturated carbocycles. The Balaban J connectivity index is 1.64. The first-order chi connectivity index (χ1) is 16.3. The highest BCUT2D eigenvalue weighted by Crippen LogP contribution is 2.51. The molecule has 3 aliphatic heterocycles. The maximum absolute atomic E-state index is 16.1. The summed E-state index contributed by atoms with van der Waals surface area (Å²) in [6.07, 6.45) is -0.123. The lowest BCUT2D eigenvalue weighted by Crippen LogP contribution is -2.57. The third-order valence-corrected chi connectivity index (χ3v) is 7.52. The van der Waals surface area contributed by atoms with E-state index >= 15 is 8.78 Å². The van der Waals surface area contributed by atoms with E-state index in [9.17, 15) is 4.79 Å². The number of carbonyl (C=O) groups excluding carboxylic acids is 1. The van der Waals surface area contributed by atoms with E-state index < -0.39 is 41.5 Å². The molecule has 0 radical (unpaired) electrons. The van der Waals surface area contributed by atoms with Crippen LogP contribution in [0.5, 0.6) is 5.75 Å². The second-order valence-electron chi connectivity index (χ2n) is 9.31. The fraction of sp³-hybridized carbons (Fsp3) is 0.400. The molecule has 180 valence electrons. The van der Waals surface area contributed by atoms with Crippen molar-refractivity contribution in [2.75, 3.05) is 20.1 Å². The van der Waals surface area contributed by atoms with Crippen molar-refractivity contribution in [2.24, 2.45) is 11.7 Å². The predicted octanol–water partition coefficient (Wildman–Crippen LogP) is 3.16. The molecule has 1 saturated heterocycles. The van der Waals surface area contributed by atoms with Crippen molar-refractivity contribution in [3.8, 4) is 5.75 Å². The minimum Gasteiger partial charge on any atom is -0.480 e. The topological polar surface area (TPSA) is 79.6 Å². The SMILES string of the molecule is CNC[C@@]1(c2ccccc2)Cc2c(cc(F)c(Cl)c2C2C(C(N)=O)CN3C=C(C)NC3C2F)O1. The van der Waals surface area contributed by atoms with Crippen molar-refractivity contribution in [1.29, 1.82) is 0 Å². The van der Waals surface area contributed by atoms with E-state index in [1.165, 1.54) is 6.07 Å². The molecule has 34 heavy (non-hydrogen) atoms. The van der Waals surface area contributed by atoms with Gasteiger partial charge in [0.1, 0.15) is 23.9 Å². The van der Waals surface area contributed by atoms with Gasteiger partial charge in [0.25, 0.3) is 0 Å². The summed E-state index contributed by atoms with van der Waals surface area (Å²) in [4.78, 5) is 14.3. The number of nitrogens with two attached hydrogens (primary N) is 1. The lowest BCUT2D eigenvalue weighted by Gasteiger charge is -2.43. The van der Waals surface area contributed by atoms with Crippen molar-refractivity contribution in [1.82, 2.24) is 15.5 Å². The number of hydrogen-bond acceptors (Lipinski definition) is 5. The maximum atomic E-state index is 16.1. The lowest BCUT2D eigenvalue weighted by molar-refractivity contribution is -0.126. The fourth-order valence-electron chi connectivity index (χ4n) is 5.70. The Bertz CT molecular complexity index is 1160. The number of primary amides is 1. The van der Waals surface area contributed by atoms with E-state index in [0.717, 1.165) is 11.3 Å². The van der Waals surface area contributed by atoms with Crippen LogP contribution in [-0.2, 0) is 16.8 Å². The molecule has 6 nitrogen and oxygen atoms in total. The molecule has 9 heteroatoms. The Morgan fingerprint density at radius 3 is 2.79 bits per heavy atom. The summed E-state index contributed by atoms with van der Waals surface area (Å²) in [7, 11) is 1.81. The van der Waals surface area contributed by atoms with Crippen molar-refractivity contribution in [3.63, 3.8) is 0 Å². The number of allylic oxidation sites excluding steroid dienone is 1. The van der Waals surface area contributed by atoms with Crippen molar-refractivity contribution >= 4 is 17.5 Å². The molecule has 5 rings (SSSR count). The quantitative estimate of drug-likeness (QED) is 0.602. The third kappa shape index (κ3) is 3.51. The highest BCUT2D eigenvalue weighted by Gasteiger charge is 2.52. The number of alkyl halides is 1. The zero-order valence-corrected chi connectivity index (χ0v) is 19.7. The highest BCUT2D eigenvalue weighted by molar-refractivity contribution is 6.31. The summed E-state index contributed by atoms with van der Waals surface area (Å²) in [5.74, 6) is -2.97. The van der Waals surface area contributed by atoms with Gasteiger partial charge in [-0.2, -0.15) is 0 Å². The minimum absolute atomic E-state index is 0.189. The molecule has 0 spiro atoms. The molecular weight excluding hydrogens is 462 g/mol. The van der Waals surface area contributed by atoms with Crippen LogP contribution >= 0.6 is 11.6 Å². The fourth-order valence-corrected chi connectivity index (χ4v) is 5.99.